The molecule has 3 aromatic rings. The molecule has 7 nitrogen and oxygen atoms in total. The van der Waals surface area contributed by atoms with Gasteiger partial charge in [0, 0.05) is 24.8 Å². The summed E-state index contributed by atoms with van der Waals surface area (Å²) in [5.74, 6) is -1.58. The highest BCUT2D eigenvalue weighted by Gasteiger charge is 2.42. The largest absolute Gasteiger partial charge is 0.378 e. The van der Waals surface area contributed by atoms with Gasteiger partial charge in [0.05, 0.1) is 5.69 Å². The van der Waals surface area contributed by atoms with Crippen LogP contribution in [0, 0.1) is 0 Å². The van der Waals surface area contributed by atoms with Gasteiger partial charge in [0.2, 0.25) is 13.9 Å². The quantitative estimate of drug-likeness (QED) is 0.345. The maximum Gasteiger partial charge on any atom is 0.234 e. The molecule has 0 aliphatic heterocycles. The van der Waals surface area contributed by atoms with Crippen LogP contribution in [-0.2, 0) is 14.8 Å². The summed E-state index contributed by atoms with van der Waals surface area (Å²) < 4.78 is 10.4. The van der Waals surface area contributed by atoms with Crippen LogP contribution < -0.4 is 5.73 Å². The van der Waals surface area contributed by atoms with E-state index in [1.54, 1.807) is 36.5 Å². The lowest BCUT2D eigenvalue weighted by Crippen LogP contribution is -2.47. The number of carbonyl (C=O) groups excluding carboxylic acids is 1. The number of amides is 1. The van der Waals surface area contributed by atoms with Gasteiger partial charge in [0.15, 0.2) is 5.85 Å². The van der Waals surface area contributed by atoms with Crippen molar-refractivity contribution < 1.29 is 19.4 Å². The molecule has 0 aliphatic rings. The van der Waals surface area contributed by atoms with E-state index in [0.717, 1.165) is 12.1 Å². The van der Waals surface area contributed by atoms with Crippen LogP contribution in [0.25, 0.3) is 0 Å². The highest BCUT2D eigenvalue weighted by atomic mass is 31.1. The van der Waals surface area contributed by atoms with E-state index in [4.69, 9.17) is 15.7 Å². The topological polar surface area (TPSA) is 117 Å². The number of pyridine rings is 1. The highest BCUT2D eigenvalue weighted by molar-refractivity contribution is 7.38. The van der Waals surface area contributed by atoms with Crippen LogP contribution in [0.1, 0.15) is 56.8 Å². The Hall–Kier alpha value is -2.83. The molecule has 0 radical (unpaired) electrons. The fourth-order valence-electron chi connectivity index (χ4n) is 4.34. The molecule has 36 heavy (non-hydrogen) atoms. The van der Waals surface area contributed by atoms with Gasteiger partial charge in [0.1, 0.15) is 5.41 Å². The Labute approximate surface area is 214 Å². The summed E-state index contributed by atoms with van der Waals surface area (Å²) in [5.41, 5.74) is 7.14. The second kappa shape index (κ2) is 14.0. The lowest BCUT2D eigenvalue weighted by Gasteiger charge is -2.36. The van der Waals surface area contributed by atoms with Crippen molar-refractivity contribution in [3.8, 4) is 0 Å². The standard InChI is InChI=1S/C21H29N3O.C7H9O3P/c1-16(2)24(17(3)4)15-13-21(20(22)25,18-10-6-5-7-11-18)19-12-8-9-14-23-19;8-7(11(9)10)6-4-2-1-3-5-6/h5-12,14,16-17H,13,15H2,1-4H3,(H2,22,25);1-5,7-8,11H,(H,9,10). The molecule has 8 heteroatoms. The second-order valence-corrected chi connectivity index (χ2v) is 10.4. The first-order valence-corrected chi connectivity index (χ1v) is 13.5. The van der Waals surface area contributed by atoms with Crippen molar-refractivity contribution in [2.75, 3.05) is 6.54 Å². The predicted octanol–water partition coefficient (Wildman–Crippen LogP) is 4.51. The van der Waals surface area contributed by atoms with Crippen molar-refractivity contribution in [1.82, 2.24) is 9.88 Å². The fraction of sp³-hybridized carbons (Fsp3) is 0.357. The lowest BCUT2D eigenvalue weighted by atomic mass is 9.73. The lowest BCUT2D eigenvalue weighted by molar-refractivity contribution is -0.122. The van der Waals surface area contributed by atoms with Gasteiger partial charge in [-0.3, -0.25) is 19.2 Å². The zero-order chi connectivity index (χ0) is 26.7. The molecule has 0 bridgehead atoms. The molecular weight excluding hydrogens is 473 g/mol. The molecule has 0 saturated carbocycles. The zero-order valence-corrected chi connectivity index (χ0v) is 22.4. The average Bonchev–Trinajstić information content (AvgIpc) is 2.87. The number of aliphatic hydroxyl groups excluding tert-OH is 1. The Morgan fingerprint density at radius 2 is 1.47 bits per heavy atom. The Kier molecular flexibility index (Phi) is 11.5. The SMILES string of the molecule is CC(C)N(CCC(C(N)=O)(c1ccccc1)c1ccccn1)C(C)C.O=[PH](O)C(O)c1ccccc1. The second-order valence-electron chi connectivity index (χ2n) is 9.18. The Bertz CT molecular complexity index is 1030. The first-order valence-electron chi connectivity index (χ1n) is 12.1. The first kappa shape index (κ1) is 29.4. The van der Waals surface area contributed by atoms with E-state index in [-0.39, 0.29) is 5.91 Å². The summed E-state index contributed by atoms with van der Waals surface area (Å²) in [6.07, 6.45) is 2.32. The van der Waals surface area contributed by atoms with Crippen molar-refractivity contribution in [3.63, 3.8) is 0 Å². The van der Waals surface area contributed by atoms with Crippen molar-refractivity contribution in [2.24, 2.45) is 5.73 Å². The van der Waals surface area contributed by atoms with Crippen LogP contribution in [0.3, 0.4) is 0 Å². The van der Waals surface area contributed by atoms with Crippen LogP contribution >= 0.6 is 8.03 Å². The summed E-state index contributed by atoms with van der Waals surface area (Å²) in [7, 11) is -2.86. The molecule has 3 atom stereocenters. The van der Waals surface area contributed by atoms with E-state index in [2.05, 4.69) is 37.6 Å². The number of nitrogens with zero attached hydrogens (tertiary/aromatic N) is 2. The third-order valence-corrected chi connectivity index (χ3v) is 7.01. The van der Waals surface area contributed by atoms with Gasteiger partial charge in [-0.2, -0.15) is 0 Å². The summed E-state index contributed by atoms with van der Waals surface area (Å²) >= 11 is 0. The molecule has 0 aliphatic carbocycles. The fourth-order valence-corrected chi connectivity index (χ4v) is 4.81. The monoisotopic (exact) mass is 511 g/mol. The van der Waals surface area contributed by atoms with Gasteiger partial charge in [-0.25, -0.2) is 0 Å². The third kappa shape index (κ3) is 7.58. The van der Waals surface area contributed by atoms with Gasteiger partial charge in [0.25, 0.3) is 0 Å². The summed E-state index contributed by atoms with van der Waals surface area (Å²) in [6, 6.07) is 24.6. The molecule has 3 rings (SSSR count). The van der Waals surface area contributed by atoms with E-state index in [9.17, 15) is 9.36 Å². The number of primary amides is 1. The Morgan fingerprint density at radius 3 is 1.92 bits per heavy atom. The minimum absolute atomic E-state index is 0.357. The minimum Gasteiger partial charge on any atom is -0.378 e. The van der Waals surface area contributed by atoms with Crippen molar-refractivity contribution in [3.05, 3.63) is 102 Å². The van der Waals surface area contributed by atoms with Crippen LogP contribution in [0.5, 0.6) is 0 Å². The van der Waals surface area contributed by atoms with Crippen molar-refractivity contribution in [1.29, 1.82) is 0 Å². The third-order valence-electron chi connectivity index (χ3n) is 6.21. The van der Waals surface area contributed by atoms with Crippen LogP contribution in [0.15, 0.2) is 85.1 Å². The number of benzene rings is 2. The first-order chi connectivity index (χ1) is 17.1. The summed E-state index contributed by atoms with van der Waals surface area (Å²) in [5, 5.41) is 9.08. The summed E-state index contributed by atoms with van der Waals surface area (Å²) in [6.45, 7) is 9.47. The number of aromatic nitrogens is 1. The van der Waals surface area contributed by atoms with E-state index in [0.29, 0.717) is 29.8 Å². The van der Waals surface area contributed by atoms with E-state index in [1.165, 1.54) is 0 Å². The number of nitrogens with two attached hydrogens (primary N) is 1. The van der Waals surface area contributed by atoms with Gasteiger partial charge in [-0.15, -0.1) is 0 Å². The van der Waals surface area contributed by atoms with Crippen LogP contribution in [-0.4, -0.2) is 44.4 Å². The number of aliphatic hydroxyl groups is 1. The average molecular weight is 512 g/mol. The minimum atomic E-state index is -2.86. The molecule has 3 unspecified atom stereocenters. The number of hydrogen-bond acceptors (Lipinski definition) is 5. The molecular formula is C28H38N3O4P. The number of carbonyl (C=O) groups is 1. The molecule has 1 heterocycles. The van der Waals surface area contributed by atoms with Crippen LogP contribution in [0.4, 0.5) is 0 Å². The molecule has 1 amide bonds. The van der Waals surface area contributed by atoms with Crippen LogP contribution in [0.2, 0.25) is 0 Å². The maximum absolute atomic E-state index is 12.7. The smallest absolute Gasteiger partial charge is 0.234 e. The maximum atomic E-state index is 12.7. The Balaban J connectivity index is 0.000000346. The van der Waals surface area contributed by atoms with Gasteiger partial charge < -0.3 is 15.7 Å². The highest BCUT2D eigenvalue weighted by Crippen LogP contribution is 2.35. The van der Waals surface area contributed by atoms with Crippen molar-refractivity contribution >= 4 is 13.9 Å². The van der Waals surface area contributed by atoms with E-state index in [1.807, 2.05) is 48.5 Å². The molecule has 0 fully saturated rings. The van der Waals surface area contributed by atoms with Gasteiger partial charge >= 0.3 is 0 Å². The number of rotatable bonds is 10. The zero-order valence-electron chi connectivity index (χ0n) is 21.4. The molecule has 0 saturated heterocycles. The van der Waals surface area contributed by atoms with E-state index >= 15 is 0 Å². The molecule has 2 aromatic carbocycles. The summed E-state index contributed by atoms with van der Waals surface area (Å²) in [4.78, 5) is 28.2. The van der Waals surface area contributed by atoms with Gasteiger partial charge in [-0.1, -0.05) is 66.7 Å². The molecule has 194 valence electrons. The van der Waals surface area contributed by atoms with Gasteiger partial charge in [-0.05, 0) is 57.4 Å². The normalized spacial score (nSPS) is 14.6. The molecule has 0 spiro atoms. The Morgan fingerprint density at radius 1 is 0.944 bits per heavy atom. The molecule has 1 aromatic heterocycles. The number of hydrogen-bond donors (Lipinski definition) is 3. The molecule has 4 N–H and O–H groups in total. The van der Waals surface area contributed by atoms with Crippen molar-refractivity contribution in [2.45, 2.75) is 57.5 Å². The van der Waals surface area contributed by atoms with E-state index < -0.39 is 19.3 Å². The predicted molar refractivity (Wildman–Crippen MR) is 145 cm³/mol.